The van der Waals surface area contributed by atoms with E-state index in [1.807, 2.05) is 37.3 Å². The van der Waals surface area contributed by atoms with Gasteiger partial charge in [-0.05, 0) is 75.6 Å². The van der Waals surface area contributed by atoms with E-state index in [2.05, 4.69) is 4.90 Å². The van der Waals surface area contributed by atoms with Gasteiger partial charge >= 0.3 is 5.97 Å². The summed E-state index contributed by atoms with van der Waals surface area (Å²) in [6.45, 7) is 4.60. The Kier molecular flexibility index (Phi) is 7.15. The normalized spacial score (nSPS) is 16.3. The van der Waals surface area contributed by atoms with Crippen molar-refractivity contribution >= 4 is 11.8 Å². The van der Waals surface area contributed by atoms with Crippen LogP contribution in [-0.4, -0.2) is 42.9 Å². The minimum absolute atomic E-state index is 0.0344. The molecule has 0 radical (unpaired) electrons. The van der Waals surface area contributed by atoms with E-state index < -0.39 is 5.41 Å². The smallest absolute Gasteiger partial charge is 0.316 e. The van der Waals surface area contributed by atoms with Gasteiger partial charge in [0, 0.05) is 12.0 Å². The second kappa shape index (κ2) is 9.79. The average Bonchev–Trinajstić information content (AvgIpc) is 2.75. The second-order valence-electron chi connectivity index (χ2n) is 7.54. The van der Waals surface area contributed by atoms with Gasteiger partial charge < -0.3 is 9.64 Å². The largest absolute Gasteiger partial charge is 0.465 e. The molecule has 0 unspecified atom stereocenters. The van der Waals surface area contributed by atoms with Crippen molar-refractivity contribution in [3.63, 3.8) is 0 Å². The van der Waals surface area contributed by atoms with Crippen LogP contribution in [0.1, 0.15) is 48.5 Å². The lowest BCUT2D eigenvalue weighted by atomic mass is 9.72. The topological polar surface area (TPSA) is 46.6 Å². The van der Waals surface area contributed by atoms with E-state index in [4.69, 9.17) is 4.74 Å². The summed E-state index contributed by atoms with van der Waals surface area (Å²) in [5, 5.41) is 0. The molecule has 3 rings (SSSR count). The average molecular weight is 397 g/mol. The van der Waals surface area contributed by atoms with Crippen LogP contribution in [-0.2, 0) is 14.9 Å². The van der Waals surface area contributed by atoms with Gasteiger partial charge in [0.15, 0.2) is 5.78 Å². The number of likely N-dealkylation sites (tertiary alicyclic amines) is 1. The lowest BCUT2D eigenvalue weighted by Crippen LogP contribution is -2.48. The quantitative estimate of drug-likeness (QED) is 0.490. The summed E-state index contributed by atoms with van der Waals surface area (Å²) in [4.78, 5) is 27.3. The van der Waals surface area contributed by atoms with E-state index in [1.54, 1.807) is 0 Å². The van der Waals surface area contributed by atoms with Crippen LogP contribution < -0.4 is 0 Å². The summed E-state index contributed by atoms with van der Waals surface area (Å²) in [5.74, 6) is -0.442. The van der Waals surface area contributed by atoms with Gasteiger partial charge in [0.05, 0.1) is 12.0 Å². The molecule has 154 valence electrons. The minimum atomic E-state index is -0.586. The molecule has 2 aromatic carbocycles. The maximum absolute atomic E-state index is 13.0. The molecule has 0 amide bonds. The molecule has 5 heteroatoms. The third-order valence-electron chi connectivity index (χ3n) is 5.75. The molecular formula is C24H28FNO3. The highest BCUT2D eigenvalue weighted by Gasteiger charge is 2.44. The van der Waals surface area contributed by atoms with Gasteiger partial charge in [-0.1, -0.05) is 30.3 Å². The highest BCUT2D eigenvalue weighted by Crippen LogP contribution is 2.37. The summed E-state index contributed by atoms with van der Waals surface area (Å²) in [7, 11) is 0. The molecule has 0 aliphatic carbocycles. The molecule has 1 heterocycles. The Bertz CT molecular complexity index is 812. The van der Waals surface area contributed by atoms with Crippen molar-refractivity contribution in [3.8, 4) is 0 Å². The molecule has 0 saturated carbocycles. The molecule has 1 aliphatic heterocycles. The zero-order valence-electron chi connectivity index (χ0n) is 16.9. The summed E-state index contributed by atoms with van der Waals surface area (Å²) in [6.07, 6.45) is 2.60. The van der Waals surface area contributed by atoms with Gasteiger partial charge in [0.25, 0.3) is 0 Å². The van der Waals surface area contributed by atoms with Crippen LogP contribution in [0.25, 0.3) is 0 Å². The molecular weight excluding hydrogens is 369 g/mol. The van der Waals surface area contributed by atoms with Gasteiger partial charge in [-0.2, -0.15) is 0 Å². The molecule has 0 aromatic heterocycles. The van der Waals surface area contributed by atoms with E-state index >= 15 is 0 Å². The number of ether oxygens (including phenoxy) is 1. The molecule has 1 aliphatic rings. The zero-order chi connectivity index (χ0) is 20.7. The summed E-state index contributed by atoms with van der Waals surface area (Å²) >= 11 is 0. The third kappa shape index (κ3) is 5.10. The van der Waals surface area contributed by atoms with Crippen LogP contribution in [0.2, 0.25) is 0 Å². The Morgan fingerprint density at radius 3 is 2.31 bits per heavy atom. The fourth-order valence-electron chi connectivity index (χ4n) is 4.04. The predicted molar refractivity (Wildman–Crippen MR) is 110 cm³/mol. The number of hydrogen-bond acceptors (Lipinski definition) is 4. The van der Waals surface area contributed by atoms with Crippen molar-refractivity contribution in [3.05, 3.63) is 71.5 Å². The minimum Gasteiger partial charge on any atom is -0.465 e. The van der Waals surface area contributed by atoms with Crippen molar-refractivity contribution in [1.29, 1.82) is 0 Å². The van der Waals surface area contributed by atoms with Crippen molar-refractivity contribution in [2.24, 2.45) is 0 Å². The van der Waals surface area contributed by atoms with Crippen LogP contribution in [0.5, 0.6) is 0 Å². The molecule has 0 bridgehead atoms. The summed E-state index contributed by atoms with van der Waals surface area (Å²) in [5.41, 5.74) is 0.984. The van der Waals surface area contributed by atoms with Crippen molar-refractivity contribution in [2.75, 3.05) is 26.2 Å². The third-order valence-corrected chi connectivity index (χ3v) is 5.75. The van der Waals surface area contributed by atoms with Gasteiger partial charge in [0.2, 0.25) is 0 Å². The Morgan fingerprint density at radius 2 is 1.69 bits per heavy atom. The zero-order valence-corrected chi connectivity index (χ0v) is 16.9. The lowest BCUT2D eigenvalue weighted by molar-refractivity contribution is -0.152. The Hall–Kier alpha value is -2.53. The molecule has 29 heavy (non-hydrogen) atoms. The first kappa shape index (κ1) is 21.2. The molecule has 4 nitrogen and oxygen atoms in total. The fourth-order valence-corrected chi connectivity index (χ4v) is 4.04. The van der Waals surface area contributed by atoms with Gasteiger partial charge in [-0.15, -0.1) is 0 Å². The summed E-state index contributed by atoms with van der Waals surface area (Å²) in [6, 6.07) is 15.6. The van der Waals surface area contributed by atoms with Crippen LogP contribution in [0.15, 0.2) is 54.6 Å². The number of esters is 1. The SMILES string of the molecule is CCOC(=O)C1(c2ccccc2)CCN(CCCC(=O)c2ccc(F)cc2)CC1. The molecule has 2 aromatic rings. The number of nitrogens with zero attached hydrogens (tertiary/aromatic N) is 1. The Morgan fingerprint density at radius 1 is 1.03 bits per heavy atom. The maximum atomic E-state index is 13.0. The van der Waals surface area contributed by atoms with Crippen LogP contribution >= 0.6 is 0 Å². The molecule has 0 spiro atoms. The highest BCUT2D eigenvalue weighted by atomic mass is 19.1. The van der Waals surface area contributed by atoms with E-state index in [9.17, 15) is 14.0 Å². The van der Waals surface area contributed by atoms with E-state index in [0.717, 1.165) is 31.6 Å². The van der Waals surface area contributed by atoms with E-state index in [1.165, 1.54) is 24.3 Å². The van der Waals surface area contributed by atoms with E-state index in [0.29, 0.717) is 31.4 Å². The molecule has 0 atom stereocenters. The number of benzene rings is 2. The van der Waals surface area contributed by atoms with Crippen LogP contribution in [0.4, 0.5) is 4.39 Å². The number of Topliss-reactive ketones (excluding diaryl/α,β-unsaturated/α-hetero) is 1. The molecule has 0 N–H and O–H groups in total. The first-order chi connectivity index (χ1) is 14.0. The second-order valence-corrected chi connectivity index (χ2v) is 7.54. The standard InChI is InChI=1S/C24H28FNO3/c1-2-29-23(28)24(20-7-4-3-5-8-20)14-17-26(18-15-24)16-6-9-22(27)19-10-12-21(25)13-11-19/h3-5,7-8,10-13H,2,6,9,14-18H2,1H3. The maximum Gasteiger partial charge on any atom is 0.316 e. The van der Waals surface area contributed by atoms with Gasteiger partial charge in [0.1, 0.15) is 5.82 Å². The van der Waals surface area contributed by atoms with Gasteiger partial charge in [-0.25, -0.2) is 4.39 Å². The van der Waals surface area contributed by atoms with E-state index in [-0.39, 0.29) is 17.6 Å². The van der Waals surface area contributed by atoms with Crippen LogP contribution in [0, 0.1) is 5.82 Å². The fraction of sp³-hybridized carbons (Fsp3) is 0.417. The number of hydrogen-bond donors (Lipinski definition) is 0. The molecule has 1 saturated heterocycles. The first-order valence-electron chi connectivity index (χ1n) is 10.3. The molecule has 1 fully saturated rings. The number of rotatable bonds is 8. The number of piperidine rings is 1. The van der Waals surface area contributed by atoms with Gasteiger partial charge in [-0.3, -0.25) is 9.59 Å². The van der Waals surface area contributed by atoms with Crippen molar-refractivity contribution in [1.82, 2.24) is 4.90 Å². The highest BCUT2D eigenvalue weighted by molar-refractivity contribution is 5.95. The Balaban J connectivity index is 1.54. The number of carbonyl (C=O) groups excluding carboxylic acids is 2. The predicted octanol–water partition coefficient (Wildman–Crippen LogP) is 4.39. The first-order valence-corrected chi connectivity index (χ1v) is 10.3. The number of carbonyl (C=O) groups is 2. The number of halogens is 1. The lowest BCUT2D eigenvalue weighted by Gasteiger charge is -2.40. The van der Waals surface area contributed by atoms with Crippen LogP contribution in [0.3, 0.4) is 0 Å². The monoisotopic (exact) mass is 397 g/mol. The Labute approximate surface area is 171 Å². The van der Waals surface area contributed by atoms with Crippen molar-refractivity contribution in [2.45, 2.75) is 38.0 Å². The van der Waals surface area contributed by atoms with Crippen molar-refractivity contribution < 1.29 is 18.7 Å². The number of ketones is 1. The summed E-state index contributed by atoms with van der Waals surface area (Å²) < 4.78 is 18.4.